The zero-order chi connectivity index (χ0) is 16.5. The molecule has 1 N–H and O–H groups in total. The number of aromatic carboxylic acids is 1. The number of likely N-dealkylation sites (tertiary alicyclic amines) is 1. The van der Waals surface area contributed by atoms with Gasteiger partial charge in [0, 0.05) is 25.2 Å². The standard InChI is InChI=1S/C15H20N2O5/c1-15(2,3)22-14(20)17-7-9(8-17)10-5-6-16-12(21-4)11(10)13(18)19/h5-6,9H,7-8H2,1-4H3,(H,18,19). The quantitative estimate of drug-likeness (QED) is 0.920. The van der Waals surface area contributed by atoms with E-state index < -0.39 is 11.6 Å². The average Bonchev–Trinajstić information content (AvgIpc) is 2.34. The van der Waals surface area contributed by atoms with Gasteiger partial charge in [-0.3, -0.25) is 0 Å². The second-order valence-electron chi connectivity index (χ2n) is 6.17. The highest BCUT2D eigenvalue weighted by atomic mass is 16.6. The lowest BCUT2D eigenvalue weighted by Gasteiger charge is -2.40. The summed E-state index contributed by atoms with van der Waals surface area (Å²) in [5.41, 5.74) is 0.131. The van der Waals surface area contributed by atoms with Crippen LogP contribution < -0.4 is 4.74 Å². The predicted octanol–water partition coefficient (Wildman–Crippen LogP) is 2.12. The third-order valence-corrected chi connectivity index (χ3v) is 3.33. The lowest BCUT2D eigenvalue weighted by molar-refractivity contribution is 0.00813. The van der Waals surface area contributed by atoms with Crippen molar-refractivity contribution < 1.29 is 24.2 Å². The molecule has 0 spiro atoms. The molecule has 0 bridgehead atoms. The van der Waals surface area contributed by atoms with Crippen LogP contribution in [0.25, 0.3) is 0 Å². The Labute approximate surface area is 128 Å². The Hall–Kier alpha value is -2.31. The maximum absolute atomic E-state index is 11.9. The van der Waals surface area contributed by atoms with Crippen molar-refractivity contribution in [3.05, 3.63) is 23.4 Å². The summed E-state index contributed by atoms with van der Waals surface area (Å²) in [5, 5.41) is 9.35. The molecule has 0 radical (unpaired) electrons. The zero-order valence-electron chi connectivity index (χ0n) is 13.1. The van der Waals surface area contributed by atoms with Gasteiger partial charge in [0.1, 0.15) is 11.2 Å². The van der Waals surface area contributed by atoms with Crippen LogP contribution >= 0.6 is 0 Å². The third kappa shape index (κ3) is 3.29. The molecule has 1 aliphatic rings. The van der Waals surface area contributed by atoms with Crippen LogP contribution in [0.5, 0.6) is 5.88 Å². The Balaban J connectivity index is 2.11. The molecule has 0 aliphatic carbocycles. The fraction of sp³-hybridized carbons (Fsp3) is 0.533. The topological polar surface area (TPSA) is 89.0 Å². The number of nitrogens with zero attached hydrogens (tertiary/aromatic N) is 2. The number of carboxylic acids is 1. The summed E-state index contributed by atoms with van der Waals surface area (Å²) in [6, 6.07) is 1.66. The highest BCUT2D eigenvalue weighted by Crippen LogP contribution is 2.33. The fourth-order valence-electron chi connectivity index (χ4n) is 2.32. The molecule has 2 heterocycles. The number of hydrogen-bond donors (Lipinski definition) is 1. The number of methoxy groups -OCH3 is 1. The molecule has 7 nitrogen and oxygen atoms in total. The minimum absolute atomic E-state index is 0.0545. The smallest absolute Gasteiger partial charge is 0.410 e. The molecular weight excluding hydrogens is 288 g/mol. The van der Waals surface area contributed by atoms with E-state index in [-0.39, 0.29) is 23.5 Å². The van der Waals surface area contributed by atoms with Crippen molar-refractivity contribution >= 4 is 12.1 Å². The molecule has 1 aromatic heterocycles. The van der Waals surface area contributed by atoms with Crippen molar-refractivity contribution in [1.82, 2.24) is 9.88 Å². The summed E-state index contributed by atoms with van der Waals surface area (Å²) in [7, 11) is 1.38. The number of hydrogen-bond acceptors (Lipinski definition) is 5. The first-order valence-corrected chi connectivity index (χ1v) is 6.97. The van der Waals surface area contributed by atoms with Crippen LogP contribution in [0, 0.1) is 0 Å². The summed E-state index contributed by atoms with van der Waals surface area (Å²) in [6.07, 6.45) is 1.12. The Morgan fingerprint density at radius 2 is 2.00 bits per heavy atom. The van der Waals surface area contributed by atoms with Gasteiger partial charge in [-0.25, -0.2) is 14.6 Å². The number of carbonyl (C=O) groups excluding carboxylic acids is 1. The largest absolute Gasteiger partial charge is 0.480 e. The van der Waals surface area contributed by atoms with Crippen molar-refractivity contribution in [2.75, 3.05) is 20.2 Å². The van der Waals surface area contributed by atoms with Crippen LogP contribution in [0.15, 0.2) is 12.3 Å². The molecule has 1 aromatic rings. The first kappa shape index (κ1) is 16.1. The molecule has 0 saturated carbocycles. The van der Waals surface area contributed by atoms with Gasteiger partial charge in [-0.15, -0.1) is 0 Å². The summed E-state index contributed by atoms with van der Waals surface area (Å²) in [6.45, 7) is 6.25. The Kier molecular flexibility index (Phi) is 4.25. The number of pyridine rings is 1. The fourth-order valence-corrected chi connectivity index (χ4v) is 2.32. The van der Waals surface area contributed by atoms with Crippen LogP contribution in [-0.4, -0.2) is 52.9 Å². The first-order chi connectivity index (χ1) is 10.2. The Bertz CT molecular complexity index is 588. The van der Waals surface area contributed by atoms with Crippen LogP contribution in [-0.2, 0) is 4.74 Å². The van der Waals surface area contributed by atoms with Gasteiger partial charge >= 0.3 is 12.1 Å². The molecule has 1 amide bonds. The number of aromatic nitrogens is 1. The summed E-state index contributed by atoms with van der Waals surface area (Å²) >= 11 is 0. The van der Waals surface area contributed by atoms with E-state index >= 15 is 0 Å². The van der Waals surface area contributed by atoms with Crippen molar-refractivity contribution in [2.45, 2.75) is 32.3 Å². The normalized spacial score (nSPS) is 15.2. The molecule has 0 unspecified atom stereocenters. The molecule has 1 saturated heterocycles. The minimum atomic E-state index is -1.09. The molecule has 7 heteroatoms. The van der Waals surface area contributed by atoms with E-state index in [9.17, 15) is 14.7 Å². The Morgan fingerprint density at radius 3 is 2.50 bits per heavy atom. The lowest BCUT2D eigenvalue weighted by Crippen LogP contribution is -2.50. The number of carboxylic acid groups (broad SMARTS) is 1. The van der Waals surface area contributed by atoms with Crippen molar-refractivity contribution in [1.29, 1.82) is 0 Å². The highest BCUT2D eigenvalue weighted by molar-refractivity contribution is 5.92. The van der Waals surface area contributed by atoms with Gasteiger partial charge in [-0.2, -0.15) is 0 Å². The van der Waals surface area contributed by atoms with Gasteiger partial charge in [0.05, 0.1) is 7.11 Å². The van der Waals surface area contributed by atoms with Crippen molar-refractivity contribution in [2.24, 2.45) is 0 Å². The average molecular weight is 308 g/mol. The van der Waals surface area contributed by atoms with Crippen LogP contribution in [0.4, 0.5) is 4.79 Å². The number of ether oxygens (including phenoxy) is 2. The highest BCUT2D eigenvalue weighted by Gasteiger charge is 2.37. The molecule has 22 heavy (non-hydrogen) atoms. The van der Waals surface area contributed by atoms with E-state index in [0.717, 1.165) is 0 Å². The second-order valence-corrected chi connectivity index (χ2v) is 6.17. The van der Waals surface area contributed by atoms with Gasteiger partial charge in [0.25, 0.3) is 0 Å². The molecule has 0 aromatic carbocycles. The first-order valence-electron chi connectivity index (χ1n) is 6.97. The number of rotatable bonds is 3. The molecule has 1 fully saturated rings. The number of amides is 1. The van der Waals surface area contributed by atoms with E-state index in [2.05, 4.69) is 4.98 Å². The van der Waals surface area contributed by atoms with Gasteiger partial charge in [-0.05, 0) is 32.4 Å². The molecular formula is C15H20N2O5. The molecule has 0 atom stereocenters. The van der Waals surface area contributed by atoms with E-state index in [1.165, 1.54) is 13.3 Å². The monoisotopic (exact) mass is 308 g/mol. The van der Waals surface area contributed by atoms with Gasteiger partial charge in [0.2, 0.25) is 5.88 Å². The summed E-state index contributed by atoms with van der Waals surface area (Å²) in [4.78, 5) is 28.8. The van der Waals surface area contributed by atoms with E-state index in [0.29, 0.717) is 18.7 Å². The van der Waals surface area contributed by atoms with E-state index in [1.54, 1.807) is 31.7 Å². The van der Waals surface area contributed by atoms with E-state index in [4.69, 9.17) is 9.47 Å². The SMILES string of the molecule is COc1nccc(C2CN(C(=O)OC(C)(C)C)C2)c1C(=O)O. The molecule has 2 rings (SSSR count). The number of carbonyl (C=O) groups is 2. The summed E-state index contributed by atoms with van der Waals surface area (Å²) < 4.78 is 10.3. The van der Waals surface area contributed by atoms with Crippen LogP contribution in [0.2, 0.25) is 0 Å². The molecule has 120 valence electrons. The minimum Gasteiger partial charge on any atom is -0.480 e. The second kappa shape index (κ2) is 5.82. The van der Waals surface area contributed by atoms with Crippen molar-refractivity contribution in [3.8, 4) is 5.88 Å². The summed E-state index contributed by atoms with van der Waals surface area (Å²) in [5.74, 6) is -1.06. The maximum Gasteiger partial charge on any atom is 0.410 e. The van der Waals surface area contributed by atoms with Gasteiger partial charge < -0.3 is 19.5 Å². The molecule has 1 aliphatic heterocycles. The van der Waals surface area contributed by atoms with Crippen LogP contribution in [0.3, 0.4) is 0 Å². The lowest BCUT2D eigenvalue weighted by atomic mass is 9.89. The van der Waals surface area contributed by atoms with Gasteiger partial charge in [0.15, 0.2) is 0 Å². The van der Waals surface area contributed by atoms with Crippen LogP contribution in [0.1, 0.15) is 42.6 Å². The predicted molar refractivity (Wildman–Crippen MR) is 78.3 cm³/mol. The third-order valence-electron chi connectivity index (χ3n) is 3.33. The Morgan fingerprint density at radius 1 is 1.36 bits per heavy atom. The van der Waals surface area contributed by atoms with Gasteiger partial charge in [-0.1, -0.05) is 0 Å². The zero-order valence-corrected chi connectivity index (χ0v) is 13.1. The maximum atomic E-state index is 11.9. The van der Waals surface area contributed by atoms with E-state index in [1.807, 2.05) is 0 Å². The van der Waals surface area contributed by atoms with Crippen molar-refractivity contribution in [3.63, 3.8) is 0 Å².